The van der Waals surface area contributed by atoms with Gasteiger partial charge in [-0.15, -0.1) is 33.6 Å². The van der Waals surface area contributed by atoms with Crippen LogP contribution >= 0.6 is 11.3 Å². The lowest BCUT2D eigenvalue weighted by Gasteiger charge is -2.30. The number of anilines is 2. The van der Waals surface area contributed by atoms with E-state index in [1.165, 1.54) is 17.6 Å². The number of aromatic nitrogens is 2. The highest BCUT2D eigenvalue weighted by molar-refractivity contribution is 7.13. The molecule has 2 aromatic rings. The summed E-state index contributed by atoms with van der Waals surface area (Å²) in [4.78, 5) is 12.8. The van der Waals surface area contributed by atoms with Crippen molar-refractivity contribution in [2.24, 2.45) is 10.2 Å². The Morgan fingerprint density at radius 2 is 1.96 bits per heavy atom. The van der Waals surface area contributed by atoms with Crippen molar-refractivity contribution in [1.29, 1.82) is 0 Å². The van der Waals surface area contributed by atoms with Crippen molar-refractivity contribution in [3.05, 3.63) is 23.7 Å². The number of carbonyl (C=O) groups is 1. The zero-order chi connectivity index (χ0) is 18.6. The molecule has 11 heteroatoms. The lowest BCUT2D eigenvalue weighted by molar-refractivity contribution is -0.141. The van der Waals surface area contributed by atoms with E-state index in [-0.39, 0.29) is 27.8 Å². The predicted octanol–water partition coefficient (Wildman–Crippen LogP) is 4.43. The van der Waals surface area contributed by atoms with Crippen molar-refractivity contribution in [3.8, 4) is 0 Å². The quantitative estimate of drug-likeness (QED) is 0.434. The molecular weight excluding hydrogens is 369 g/mol. The zero-order valence-electron chi connectivity index (χ0n) is 13.6. The number of benzene rings is 1. The van der Waals surface area contributed by atoms with E-state index in [4.69, 9.17) is 0 Å². The Morgan fingerprint density at radius 1 is 1.19 bits per heavy atom. The predicted molar refractivity (Wildman–Crippen MR) is 91.2 cm³/mol. The molecule has 1 aliphatic heterocycles. The molecule has 7 nitrogen and oxygen atoms in total. The molecule has 1 saturated heterocycles. The Morgan fingerprint density at radius 3 is 2.58 bits per heavy atom. The molecule has 1 fully saturated rings. The third kappa shape index (κ3) is 4.15. The van der Waals surface area contributed by atoms with Crippen LogP contribution < -0.4 is 9.80 Å². The highest BCUT2D eigenvalue weighted by atomic mass is 32.1. The SMILES string of the molecule is O=CN(c1cc(N2CCCCC2)ccc1N=Nc1nncs1)C(F)(F)F. The molecule has 1 aromatic heterocycles. The van der Waals surface area contributed by atoms with Crippen molar-refractivity contribution in [1.82, 2.24) is 10.2 Å². The van der Waals surface area contributed by atoms with Gasteiger partial charge in [-0.2, -0.15) is 0 Å². The molecule has 0 spiro atoms. The van der Waals surface area contributed by atoms with Crippen LogP contribution in [0.25, 0.3) is 0 Å². The molecule has 0 bridgehead atoms. The minimum atomic E-state index is -4.87. The second kappa shape index (κ2) is 7.77. The first kappa shape index (κ1) is 18.2. The molecule has 0 atom stereocenters. The number of amides is 1. The Bertz CT molecular complexity index is 774. The number of alkyl halides is 3. The van der Waals surface area contributed by atoms with Crippen molar-refractivity contribution in [3.63, 3.8) is 0 Å². The van der Waals surface area contributed by atoms with Gasteiger partial charge in [-0.25, -0.2) is 4.90 Å². The third-order valence-corrected chi connectivity index (χ3v) is 4.48. The van der Waals surface area contributed by atoms with Crippen LogP contribution in [0.4, 0.5) is 35.4 Å². The molecule has 0 N–H and O–H groups in total. The Kier molecular flexibility index (Phi) is 5.45. The summed E-state index contributed by atoms with van der Waals surface area (Å²) in [6.07, 6.45) is -2.08. The van der Waals surface area contributed by atoms with Crippen LogP contribution in [0.1, 0.15) is 19.3 Å². The standard InChI is InChI=1S/C15H15F3N6OS/c16-15(17,18)24(10-25)13-8-11(23-6-2-1-3-7-23)4-5-12(13)20-22-14-21-19-9-26-14/h4-5,8-10H,1-3,6-7H2. The van der Waals surface area contributed by atoms with Gasteiger partial charge >= 0.3 is 6.30 Å². The average Bonchev–Trinajstić information content (AvgIpc) is 3.14. The number of hydrogen-bond donors (Lipinski definition) is 0. The largest absolute Gasteiger partial charge is 0.491 e. The van der Waals surface area contributed by atoms with Gasteiger partial charge in [0, 0.05) is 18.8 Å². The summed E-state index contributed by atoms with van der Waals surface area (Å²) < 4.78 is 39.8. The van der Waals surface area contributed by atoms with Gasteiger partial charge in [-0.3, -0.25) is 4.79 Å². The fourth-order valence-corrected chi connectivity index (χ4v) is 3.07. The lowest BCUT2D eigenvalue weighted by atomic mass is 10.1. The molecule has 1 amide bonds. The summed E-state index contributed by atoms with van der Waals surface area (Å²) in [5.74, 6) is 0. The van der Waals surface area contributed by atoms with Gasteiger partial charge in [0.1, 0.15) is 11.2 Å². The van der Waals surface area contributed by atoms with Crippen LogP contribution in [0.15, 0.2) is 33.9 Å². The maximum Gasteiger partial charge on any atom is 0.491 e. The molecule has 2 heterocycles. The van der Waals surface area contributed by atoms with Crippen molar-refractivity contribution in [2.75, 3.05) is 22.9 Å². The average molecular weight is 384 g/mol. The van der Waals surface area contributed by atoms with Crippen LogP contribution in [0, 0.1) is 0 Å². The molecule has 0 aliphatic carbocycles. The summed E-state index contributed by atoms with van der Waals surface area (Å²) in [5.41, 5.74) is 1.60. The van der Waals surface area contributed by atoms with Crippen LogP contribution in [0.3, 0.4) is 0 Å². The van der Waals surface area contributed by atoms with E-state index in [9.17, 15) is 18.0 Å². The molecule has 0 saturated carbocycles. The molecule has 1 aliphatic rings. The Labute approximate surface area is 151 Å². The molecule has 0 radical (unpaired) electrons. The van der Waals surface area contributed by atoms with E-state index >= 15 is 0 Å². The molecule has 26 heavy (non-hydrogen) atoms. The zero-order valence-corrected chi connectivity index (χ0v) is 14.4. The number of rotatable bonds is 5. The topological polar surface area (TPSA) is 74.1 Å². The van der Waals surface area contributed by atoms with E-state index in [1.54, 1.807) is 6.07 Å². The van der Waals surface area contributed by atoms with Crippen LogP contribution in [0.5, 0.6) is 0 Å². The van der Waals surface area contributed by atoms with Gasteiger partial charge in [0.25, 0.3) is 5.13 Å². The minimum Gasteiger partial charge on any atom is -0.371 e. The Balaban J connectivity index is 2.00. The minimum absolute atomic E-state index is 0.0783. The maximum absolute atomic E-state index is 13.3. The Hall–Kier alpha value is -2.56. The van der Waals surface area contributed by atoms with Crippen molar-refractivity contribution >= 4 is 39.9 Å². The first-order valence-corrected chi connectivity index (χ1v) is 8.75. The van der Waals surface area contributed by atoms with Gasteiger partial charge in [-0.05, 0) is 37.5 Å². The summed E-state index contributed by atoms with van der Waals surface area (Å²) >= 11 is 1.10. The van der Waals surface area contributed by atoms with Gasteiger partial charge in [-0.1, -0.05) is 11.3 Å². The van der Waals surface area contributed by atoms with Crippen LogP contribution in [-0.4, -0.2) is 36.0 Å². The highest BCUT2D eigenvalue weighted by Gasteiger charge is 2.39. The first-order valence-electron chi connectivity index (χ1n) is 7.87. The monoisotopic (exact) mass is 384 g/mol. The number of piperidine rings is 1. The fraction of sp³-hybridized carbons (Fsp3) is 0.400. The van der Waals surface area contributed by atoms with E-state index in [0.29, 0.717) is 5.69 Å². The van der Waals surface area contributed by atoms with E-state index < -0.39 is 6.30 Å². The summed E-state index contributed by atoms with van der Waals surface area (Å²) in [7, 11) is 0. The third-order valence-electron chi connectivity index (χ3n) is 3.91. The van der Waals surface area contributed by atoms with Gasteiger partial charge in [0.15, 0.2) is 0 Å². The van der Waals surface area contributed by atoms with Crippen LogP contribution in [0.2, 0.25) is 0 Å². The van der Waals surface area contributed by atoms with Gasteiger partial charge in [0.05, 0.1) is 5.69 Å². The summed E-state index contributed by atoms with van der Waals surface area (Å²) in [6, 6.07) is 4.43. The van der Waals surface area contributed by atoms with Crippen molar-refractivity contribution < 1.29 is 18.0 Å². The smallest absolute Gasteiger partial charge is 0.371 e. The first-order chi connectivity index (χ1) is 12.5. The summed E-state index contributed by atoms with van der Waals surface area (Å²) in [6.45, 7) is 1.52. The fourth-order valence-electron chi connectivity index (χ4n) is 2.70. The lowest BCUT2D eigenvalue weighted by Crippen LogP contribution is -2.37. The number of nitrogens with zero attached hydrogens (tertiary/aromatic N) is 6. The van der Waals surface area contributed by atoms with Crippen molar-refractivity contribution in [2.45, 2.75) is 25.6 Å². The maximum atomic E-state index is 13.3. The summed E-state index contributed by atoms with van der Waals surface area (Å²) in [5, 5.41) is 15.1. The highest BCUT2D eigenvalue weighted by Crippen LogP contribution is 2.38. The molecule has 138 valence electrons. The number of hydrogen-bond acceptors (Lipinski definition) is 7. The second-order valence-corrected chi connectivity index (χ2v) is 6.40. The van der Waals surface area contributed by atoms with Gasteiger partial charge < -0.3 is 4.90 Å². The second-order valence-electron chi connectivity index (χ2n) is 5.59. The van der Waals surface area contributed by atoms with E-state index in [1.807, 2.05) is 4.90 Å². The molecule has 0 unspecified atom stereocenters. The number of halogens is 3. The van der Waals surface area contributed by atoms with Crippen LogP contribution in [-0.2, 0) is 4.79 Å². The molecular formula is C15H15F3N6OS. The van der Waals surface area contributed by atoms with E-state index in [0.717, 1.165) is 43.7 Å². The number of azo groups is 1. The molecule has 3 rings (SSSR count). The normalized spacial score (nSPS) is 15.4. The number of carbonyl (C=O) groups excluding carboxylic acids is 1. The van der Waals surface area contributed by atoms with Gasteiger partial charge in [0.2, 0.25) is 6.41 Å². The van der Waals surface area contributed by atoms with E-state index in [2.05, 4.69) is 20.4 Å². The molecule has 1 aromatic carbocycles.